The lowest BCUT2D eigenvalue weighted by molar-refractivity contribution is 0.0521. The molecule has 0 radical (unpaired) electrons. The molecule has 1 N–H and O–H groups in total. The summed E-state index contributed by atoms with van der Waals surface area (Å²) in [5.74, 6) is 6.09. The normalized spacial score (nSPS) is 15.3. The molecule has 1 aromatic heterocycles. The molecule has 4 rings (SSSR count). The van der Waals surface area contributed by atoms with Crippen molar-refractivity contribution in [2.45, 2.75) is 44.6 Å². The number of carbonyl (C=O) groups excluding carboxylic acids is 1. The Morgan fingerprint density at radius 1 is 1.30 bits per heavy atom. The quantitative estimate of drug-likeness (QED) is 0.623. The predicted molar refractivity (Wildman–Crippen MR) is 113 cm³/mol. The number of carbonyl (C=O) groups is 1. The summed E-state index contributed by atoms with van der Waals surface area (Å²) in [6.45, 7) is 1.97. The Labute approximate surface area is 175 Å². The van der Waals surface area contributed by atoms with Crippen LogP contribution >= 0.6 is 0 Å². The summed E-state index contributed by atoms with van der Waals surface area (Å²) in [4.78, 5) is 25.0. The van der Waals surface area contributed by atoms with Crippen LogP contribution in [0.4, 0.5) is 0 Å². The molecular formula is C24H25NO5. The Balaban J connectivity index is 1.89. The fourth-order valence-electron chi connectivity index (χ4n) is 4.43. The monoisotopic (exact) mass is 407 g/mol. The molecule has 6 heteroatoms. The van der Waals surface area contributed by atoms with Gasteiger partial charge in [-0.3, -0.25) is 4.79 Å². The highest BCUT2D eigenvalue weighted by Crippen LogP contribution is 2.49. The number of benzene rings is 1. The molecule has 0 saturated heterocycles. The summed E-state index contributed by atoms with van der Waals surface area (Å²) >= 11 is 0. The molecule has 2 aromatic rings. The molecule has 30 heavy (non-hydrogen) atoms. The highest BCUT2D eigenvalue weighted by molar-refractivity contribution is 5.89. The number of aliphatic hydroxyl groups is 1. The van der Waals surface area contributed by atoms with E-state index in [4.69, 9.17) is 14.6 Å². The molecule has 1 aliphatic heterocycles. The highest BCUT2D eigenvalue weighted by Gasteiger charge is 2.43. The molecule has 1 aliphatic carbocycles. The molecule has 1 saturated carbocycles. The fourth-order valence-corrected chi connectivity index (χ4v) is 4.43. The number of aromatic nitrogens is 1. The van der Waals surface area contributed by atoms with Crippen molar-refractivity contribution in [1.82, 2.24) is 4.57 Å². The summed E-state index contributed by atoms with van der Waals surface area (Å²) in [5.41, 5.74) is 3.21. The second-order valence-electron chi connectivity index (χ2n) is 7.77. The van der Waals surface area contributed by atoms with Gasteiger partial charge in [0.25, 0.3) is 0 Å². The molecule has 2 aliphatic rings. The van der Waals surface area contributed by atoms with E-state index < -0.39 is 5.97 Å². The molecule has 156 valence electrons. The van der Waals surface area contributed by atoms with Crippen LogP contribution in [0.5, 0.6) is 5.75 Å². The van der Waals surface area contributed by atoms with Gasteiger partial charge >= 0.3 is 5.97 Å². The van der Waals surface area contributed by atoms with Crippen molar-refractivity contribution in [3.05, 3.63) is 51.3 Å². The third-order valence-electron chi connectivity index (χ3n) is 6.02. The van der Waals surface area contributed by atoms with E-state index in [1.54, 1.807) is 26.3 Å². The Morgan fingerprint density at radius 2 is 2.10 bits per heavy atom. The first kappa shape index (κ1) is 20.2. The van der Waals surface area contributed by atoms with E-state index in [0.29, 0.717) is 12.2 Å². The number of methoxy groups -OCH3 is 1. The smallest absolute Gasteiger partial charge is 0.343 e. The zero-order valence-corrected chi connectivity index (χ0v) is 17.3. The minimum Gasteiger partial charge on any atom is -0.495 e. The van der Waals surface area contributed by atoms with Gasteiger partial charge in [-0.2, -0.15) is 0 Å². The molecule has 1 fully saturated rings. The topological polar surface area (TPSA) is 77.8 Å². The number of pyridine rings is 1. The van der Waals surface area contributed by atoms with E-state index >= 15 is 0 Å². The Morgan fingerprint density at radius 3 is 2.73 bits per heavy atom. The molecular weight excluding hydrogens is 382 g/mol. The van der Waals surface area contributed by atoms with Crippen molar-refractivity contribution < 1.29 is 19.4 Å². The van der Waals surface area contributed by atoms with Gasteiger partial charge < -0.3 is 19.1 Å². The minimum atomic E-state index is -0.579. The van der Waals surface area contributed by atoms with E-state index in [9.17, 15) is 9.59 Å². The molecule has 0 atom stereocenters. The first-order chi connectivity index (χ1) is 14.5. The van der Waals surface area contributed by atoms with Crippen LogP contribution in [0.15, 0.2) is 29.2 Å². The van der Waals surface area contributed by atoms with Crippen LogP contribution in [0.3, 0.4) is 0 Å². The number of esters is 1. The summed E-state index contributed by atoms with van der Waals surface area (Å²) < 4.78 is 12.7. The highest BCUT2D eigenvalue weighted by atomic mass is 16.5. The SMILES string of the molecule is CCOC(=O)c1cn2c(cc1=O)-c1cc(OC)c(C#CCCO)cc1CC21CCC1. The number of aliphatic hydroxyl groups excluding tert-OH is 1. The van der Waals surface area contributed by atoms with Crippen LogP contribution < -0.4 is 10.2 Å². The van der Waals surface area contributed by atoms with E-state index in [-0.39, 0.29) is 29.7 Å². The van der Waals surface area contributed by atoms with Crippen LogP contribution in [0.1, 0.15) is 54.1 Å². The van der Waals surface area contributed by atoms with Crippen LogP contribution in [-0.4, -0.2) is 36.0 Å². The minimum absolute atomic E-state index is 0.0163. The van der Waals surface area contributed by atoms with Gasteiger partial charge in [0.05, 0.1) is 31.6 Å². The third-order valence-corrected chi connectivity index (χ3v) is 6.02. The maximum atomic E-state index is 12.7. The van der Waals surface area contributed by atoms with Crippen LogP contribution in [0.25, 0.3) is 11.3 Å². The molecule has 0 bridgehead atoms. The summed E-state index contributed by atoms with van der Waals surface area (Å²) in [6.07, 6.45) is 5.97. The number of hydrogen-bond donors (Lipinski definition) is 1. The standard InChI is InChI=1S/C24H25NO5/c1-3-30-23(28)19-15-25-20(13-21(19)27)18-12-22(29-2)16(7-4-5-10-26)11-17(18)14-24(25)8-6-9-24/h11-13,15,26H,3,5-6,8-10,14H2,1-2H3. The molecule has 1 spiro atoms. The second kappa shape index (κ2) is 8.00. The van der Waals surface area contributed by atoms with Gasteiger partial charge in [0.15, 0.2) is 5.43 Å². The Bertz CT molecular complexity index is 1110. The number of nitrogens with zero attached hydrogens (tertiary/aromatic N) is 1. The van der Waals surface area contributed by atoms with E-state index in [1.165, 1.54) is 0 Å². The maximum absolute atomic E-state index is 12.7. The van der Waals surface area contributed by atoms with Gasteiger partial charge in [-0.15, -0.1) is 0 Å². The van der Waals surface area contributed by atoms with Crippen molar-refractivity contribution in [2.24, 2.45) is 0 Å². The van der Waals surface area contributed by atoms with Gasteiger partial charge in [-0.1, -0.05) is 11.8 Å². The van der Waals surface area contributed by atoms with Gasteiger partial charge in [-0.05, 0) is 50.3 Å². The van der Waals surface area contributed by atoms with Gasteiger partial charge in [0.1, 0.15) is 11.3 Å². The van der Waals surface area contributed by atoms with Crippen molar-refractivity contribution in [3.8, 4) is 28.8 Å². The fraction of sp³-hybridized carbons (Fsp3) is 0.417. The van der Waals surface area contributed by atoms with Gasteiger partial charge in [-0.25, -0.2) is 4.79 Å². The maximum Gasteiger partial charge on any atom is 0.343 e. The lowest BCUT2D eigenvalue weighted by atomic mass is 9.69. The summed E-state index contributed by atoms with van der Waals surface area (Å²) in [7, 11) is 1.59. The van der Waals surface area contributed by atoms with Crippen molar-refractivity contribution in [3.63, 3.8) is 0 Å². The molecule has 2 heterocycles. The molecule has 0 unspecified atom stereocenters. The average molecular weight is 407 g/mol. The zero-order valence-electron chi connectivity index (χ0n) is 17.3. The van der Waals surface area contributed by atoms with Crippen LogP contribution in [0, 0.1) is 11.8 Å². The van der Waals surface area contributed by atoms with Crippen molar-refractivity contribution in [1.29, 1.82) is 0 Å². The average Bonchev–Trinajstić information content (AvgIpc) is 2.71. The Kier molecular flexibility index (Phi) is 5.40. The van der Waals surface area contributed by atoms with Crippen LogP contribution in [-0.2, 0) is 16.7 Å². The van der Waals surface area contributed by atoms with Gasteiger partial charge in [0.2, 0.25) is 0 Å². The molecule has 6 nitrogen and oxygen atoms in total. The largest absolute Gasteiger partial charge is 0.495 e. The number of ether oxygens (including phenoxy) is 2. The first-order valence-corrected chi connectivity index (χ1v) is 10.3. The third kappa shape index (κ3) is 3.29. The lowest BCUT2D eigenvalue weighted by Gasteiger charge is -2.48. The molecule has 0 amide bonds. The van der Waals surface area contributed by atoms with Crippen molar-refractivity contribution in [2.75, 3.05) is 20.3 Å². The summed E-state index contributed by atoms with van der Waals surface area (Å²) in [6, 6.07) is 5.49. The molecule has 1 aromatic carbocycles. The van der Waals surface area contributed by atoms with E-state index in [2.05, 4.69) is 16.4 Å². The number of rotatable bonds is 4. The summed E-state index contributed by atoms with van der Waals surface area (Å²) in [5, 5.41) is 9.00. The predicted octanol–water partition coefficient (Wildman–Crippen LogP) is 2.87. The first-order valence-electron chi connectivity index (χ1n) is 10.3. The lowest BCUT2D eigenvalue weighted by Crippen LogP contribution is -2.46. The van der Waals surface area contributed by atoms with Crippen molar-refractivity contribution >= 4 is 5.97 Å². The van der Waals surface area contributed by atoms with Crippen LogP contribution in [0.2, 0.25) is 0 Å². The van der Waals surface area contributed by atoms with Gasteiger partial charge in [0, 0.05) is 29.8 Å². The Hall–Kier alpha value is -3.04. The van der Waals surface area contributed by atoms with E-state index in [0.717, 1.165) is 48.1 Å². The number of fused-ring (bicyclic) bond motifs is 4. The zero-order chi connectivity index (χ0) is 21.3. The number of hydrogen-bond acceptors (Lipinski definition) is 5. The van der Waals surface area contributed by atoms with E-state index in [1.807, 2.05) is 12.1 Å². The second-order valence-corrected chi connectivity index (χ2v) is 7.77.